The minimum atomic E-state index is -0.0422. The molecule has 5 heteroatoms. The van der Waals surface area contributed by atoms with Crippen molar-refractivity contribution in [2.24, 2.45) is 0 Å². The van der Waals surface area contributed by atoms with E-state index in [2.05, 4.69) is 46.8 Å². The molecule has 1 aliphatic rings. The number of anilines is 2. The second kappa shape index (κ2) is 10.7. The Bertz CT molecular complexity index is 1210. The zero-order chi connectivity index (χ0) is 24.1. The van der Waals surface area contributed by atoms with Crippen LogP contribution >= 0.6 is 15.9 Å². The molecule has 0 aromatic heterocycles. The number of amides is 1. The van der Waals surface area contributed by atoms with Crippen molar-refractivity contribution >= 4 is 45.0 Å². The van der Waals surface area contributed by atoms with Crippen molar-refractivity contribution in [1.82, 2.24) is 0 Å². The molecule has 3 aromatic rings. The van der Waals surface area contributed by atoms with Gasteiger partial charge in [-0.15, -0.1) is 0 Å². The Labute approximate surface area is 210 Å². The molecule has 1 amide bonds. The maximum Gasteiger partial charge on any atom is 0.262 e. The smallest absolute Gasteiger partial charge is 0.262 e. The molecule has 0 saturated carbocycles. The summed E-state index contributed by atoms with van der Waals surface area (Å²) in [6.07, 6.45) is 3.90. The van der Waals surface area contributed by atoms with Crippen LogP contribution in [0.3, 0.4) is 0 Å². The van der Waals surface area contributed by atoms with Gasteiger partial charge in [0.2, 0.25) is 0 Å². The maximum atomic E-state index is 13.6. The minimum absolute atomic E-state index is 0.0422. The number of carbonyl (C=O) groups is 1. The van der Waals surface area contributed by atoms with Gasteiger partial charge < -0.3 is 9.64 Å². The number of carbonyl (C=O) groups excluding carboxylic acids is 1. The van der Waals surface area contributed by atoms with E-state index in [-0.39, 0.29) is 5.91 Å². The Morgan fingerprint density at radius 3 is 2.26 bits per heavy atom. The van der Waals surface area contributed by atoms with Crippen molar-refractivity contribution in [3.05, 3.63) is 100 Å². The fourth-order valence-electron chi connectivity index (χ4n) is 4.15. The molecule has 0 spiro atoms. The maximum absolute atomic E-state index is 13.6. The Hall–Kier alpha value is -3.31. The number of nitrogens with zero attached hydrogens (tertiary/aromatic N) is 2. The Balaban J connectivity index is 1.73. The van der Waals surface area contributed by atoms with Gasteiger partial charge in [-0.25, -0.2) is 0 Å². The molecular formula is C29H29BrN2O2. The number of halogens is 1. The van der Waals surface area contributed by atoms with Gasteiger partial charge in [-0.05, 0) is 96.4 Å². The van der Waals surface area contributed by atoms with Gasteiger partial charge in [-0.2, -0.15) is 0 Å². The van der Waals surface area contributed by atoms with Crippen molar-refractivity contribution in [3.8, 4) is 5.75 Å². The molecule has 0 N–H and O–H groups in total. The SMILES string of the molecule is CCOc1ccc(/C=C2\C=C(c3ccccc3)N(c3ccc(N(CC)CC)cc3)C2=O)cc1Br. The Kier molecular flexibility index (Phi) is 7.53. The lowest BCUT2D eigenvalue weighted by atomic mass is 10.1. The standard InChI is InChI=1S/C29H29BrN2O2/c1-4-31(5-2)24-13-15-25(16-14-24)32-27(22-10-8-7-9-11-22)20-23(29(32)33)18-21-12-17-28(34-6-3)26(30)19-21/h7-20H,4-6H2,1-3H3/b23-18+. The summed E-state index contributed by atoms with van der Waals surface area (Å²) in [5, 5.41) is 0. The molecule has 3 aromatic carbocycles. The molecule has 34 heavy (non-hydrogen) atoms. The fourth-order valence-corrected chi connectivity index (χ4v) is 4.66. The van der Waals surface area contributed by atoms with E-state index in [1.165, 1.54) is 0 Å². The first-order valence-electron chi connectivity index (χ1n) is 11.7. The Morgan fingerprint density at radius 2 is 1.65 bits per heavy atom. The molecule has 4 nitrogen and oxygen atoms in total. The van der Waals surface area contributed by atoms with Gasteiger partial charge in [0.25, 0.3) is 5.91 Å². The zero-order valence-electron chi connectivity index (χ0n) is 19.8. The monoisotopic (exact) mass is 516 g/mol. The minimum Gasteiger partial charge on any atom is -0.493 e. The van der Waals surface area contributed by atoms with Gasteiger partial charge in [0.05, 0.1) is 16.8 Å². The molecule has 0 aliphatic carbocycles. The summed E-state index contributed by atoms with van der Waals surface area (Å²) in [5.41, 5.74) is 5.45. The molecule has 0 unspecified atom stereocenters. The first-order chi connectivity index (χ1) is 16.5. The van der Waals surface area contributed by atoms with Crippen molar-refractivity contribution in [3.63, 3.8) is 0 Å². The van der Waals surface area contributed by atoms with Crippen LogP contribution in [0, 0.1) is 0 Å². The lowest BCUT2D eigenvalue weighted by molar-refractivity contribution is -0.113. The van der Waals surface area contributed by atoms with E-state index in [9.17, 15) is 4.79 Å². The third-order valence-electron chi connectivity index (χ3n) is 5.87. The third-order valence-corrected chi connectivity index (χ3v) is 6.49. The summed E-state index contributed by atoms with van der Waals surface area (Å²) in [5.74, 6) is 0.747. The van der Waals surface area contributed by atoms with E-state index in [4.69, 9.17) is 4.74 Å². The fraction of sp³-hybridized carbons (Fsp3) is 0.207. The van der Waals surface area contributed by atoms with Gasteiger partial charge in [-0.1, -0.05) is 36.4 Å². The van der Waals surface area contributed by atoms with Crippen molar-refractivity contribution in [1.29, 1.82) is 0 Å². The molecule has 0 saturated heterocycles. The average Bonchev–Trinajstić information content (AvgIpc) is 3.18. The summed E-state index contributed by atoms with van der Waals surface area (Å²) in [6.45, 7) is 8.74. The highest BCUT2D eigenvalue weighted by Crippen LogP contribution is 2.36. The molecule has 1 aliphatic heterocycles. The molecule has 1 heterocycles. The molecule has 0 fully saturated rings. The van der Waals surface area contributed by atoms with Crippen LogP contribution in [-0.2, 0) is 4.79 Å². The van der Waals surface area contributed by atoms with Crippen LogP contribution in [0.4, 0.5) is 11.4 Å². The lowest BCUT2D eigenvalue weighted by Gasteiger charge is -2.24. The quantitative estimate of drug-likeness (QED) is 0.297. The summed E-state index contributed by atoms with van der Waals surface area (Å²) in [7, 11) is 0. The molecule has 0 atom stereocenters. The summed E-state index contributed by atoms with van der Waals surface area (Å²) in [6, 6.07) is 24.1. The molecule has 0 bridgehead atoms. The molecular weight excluding hydrogens is 488 g/mol. The van der Waals surface area contributed by atoms with Crippen molar-refractivity contribution in [2.75, 3.05) is 29.5 Å². The largest absolute Gasteiger partial charge is 0.493 e. The first-order valence-corrected chi connectivity index (χ1v) is 12.5. The van der Waals surface area contributed by atoms with Crippen LogP contribution in [-0.4, -0.2) is 25.6 Å². The van der Waals surface area contributed by atoms with Gasteiger partial charge in [0, 0.05) is 30.0 Å². The number of ether oxygens (including phenoxy) is 1. The Morgan fingerprint density at radius 1 is 0.941 bits per heavy atom. The highest BCUT2D eigenvalue weighted by atomic mass is 79.9. The van der Waals surface area contributed by atoms with Crippen LogP contribution in [0.25, 0.3) is 11.8 Å². The molecule has 0 radical (unpaired) electrons. The number of hydrogen-bond acceptors (Lipinski definition) is 3. The van der Waals surface area contributed by atoms with Crippen LogP contribution in [0.2, 0.25) is 0 Å². The second-order valence-electron chi connectivity index (χ2n) is 7.95. The lowest BCUT2D eigenvalue weighted by Crippen LogP contribution is -2.25. The summed E-state index contributed by atoms with van der Waals surface area (Å²) < 4.78 is 6.48. The number of benzene rings is 3. The van der Waals surface area contributed by atoms with Crippen molar-refractivity contribution < 1.29 is 9.53 Å². The van der Waals surface area contributed by atoms with E-state index in [0.29, 0.717) is 12.2 Å². The van der Waals surface area contributed by atoms with Gasteiger partial charge in [0.15, 0.2) is 0 Å². The normalized spacial score (nSPS) is 14.5. The van der Waals surface area contributed by atoms with Crippen LogP contribution in [0.1, 0.15) is 31.9 Å². The highest BCUT2D eigenvalue weighted by Gasteiger charge is 2.30. The first kappa shape index (κ1) is 23.8. The number of hydrogen-bond donors (Lipinski definition) is 0. The zero-order valence-corrected chi connectivity index (χ0v) is 21.4. The van der Waals surface area contributed by atoms with Crippen molar-refractivity contribution in [2.45, 2.75) is 20.8 Å². The van der Waals surface area contributed by atoms with Crippen LogP contribution < -0.4 is 14.5 Å². The van der Waals surface area contributed by atoms with Gasteiger partial charge >= 0.3 is 0 Å². The number of rotatable bonds is 8. The predicted molar refractivity (Wildman–Crippen MR) is 145 cm³/mol. The van der Waals surface area contributed by atoms with E-state index in [0.717, 1.165) is 51.5 Å². The van der Waals surface area contributed by atoms with Crippen LogP contribution in [0.15, 0.2) is 88.9 Å². The summed E-state index contributed by atoms with van der Waals surface area (Å²) in [4.78, 5) is 17.7. The molecule has 4 rings (SSSR count). The van der Waals surface area contributed by atoms with E-state index >= 15 is 0 Å². The third kappa shape index (κ3) is 4.95. The van der Waals surface area contributed by atoms with E-state index < -0.39 is 0 Å². The van der Waals surface area contributed by atoms with Gasteiger partial charge in [-0.3, -0.25) is 9.69 Å². The molecule has 174 valence electrons. The van der Waals surface area contributed by atoms with E-state index in [1.54, 1.807) is 4.90 Å². The average molecular weight is 517 g/mol. The van der Waals surface area contributed by atoms with E-state index in [1.807, 2.05) is 79.7 Å². The van der Waals surface area contributed by atoms with Crippen LogP contribution in [0.5, 0.6) is 5.75 Å². The topological polar surface area (TPSA) is 32.8 Å². The van der Waals surface area contributed by atoms with Gasteiger partial charge in [0.1, 0.15) is 5.75 Å². The highest BCUT2D eigenvalue weighted by molar-refractivity contribution is 9.10. The second-order valence-corrected chi connectivity index (χ2v) is 8.80. The summed E-state index contributed by atoms with van der Waals surface area (Å²) >= 11 is 3.57. The predicted octanol–water partition coefficient (Wildman–Crippen LogP) is 7.17.